The molecule has 0 bridgehead atoms. The minimum atomic E-state index is -2.08. The van der Waals surface area contributed by atoms with Gasteiger partial charge in [-0.15, -0.1) is 11.3 Å². The van der Waals surface area contributed by atoms with Crippen molar-refractivity contribution in [3.8, 4) is 0 Å². The van der Waals surface area contributed by atoms with Crippen molar-refractivity contribution >= 4 is 46.1 Å². The van der Waals surface area contributed by atoms with Crippen LogP contribution in [-0.4, -0.2) is 52.7 Å². The molecule has 0 radical (unpaired) electrons. The van der Waals surface area contributed by atoms with E-state index in [1.165, 1.54) is 11.3 Å². The van der Waals surface area contributed by atoms with E-state index in [0.717, 1.165) is 35.3 Å². The number of thioether (sulfide) groups is 1. The first-order chi connectivity index (χ1) is 11.8. The summed E-state index contributed by atoms with van der Waals surface area (Å²) in [7, 11) is 0. The van der Waals surface area contributed by atoms with Gasteiger partial charge in [0, 0.05) is 10.6 Å². The molecule has 4 N–H and O–H groups in total. The maximum absolute atomic E-state index is 12.3. The third-order valence-electron chi connectivity index (χ3n) is 3.58. The molecule has 1 aromatic rings. The Balaban J connectivity index is 2.15. The number of anilines is 1. The van der Waals surface area contributed by atoms with Crippen molar-refractivity contribution in [1.82, 2.24) is 5.32 Å². The topological polar surface area (TPSA) is 125 Å². The number of hydrogen-bond donors (Lipinski definition) is 4. The van der Waals surface area contributed by atoms with Gasteiger partial charge in [0.2, 0.25) is 0 Å². The minimum Gasteiger partial charge on any atom is -0.479 e. The first-order valence-electron chi connectivity index (χ1n) is 7.66. The van der Waals surface area contributed by atoms with Gasteiger partial charge in [0.25, 0.3) is 0 Å². The van der Waals surface area contributed by atoms with E-state index in [2.05, 4.69) is 10.6 Å². The van der Waals surface area contributed by atoms with Crippen molar-refractivity contribution in [2.45, 2.75) is 31.6 Å². The predicted molar refractivity (Wildman–Crippen MR) is 95.4 cm³/mol. The van der Waals surface area contributed by atoms with Gasteiger partial charge in [-0.25, -0.2) is 14.4 Å². The first kappa shape index (κ1) is 19.5. The number of rotatable bonds is 6. The van der Waals surface area contributed by atoms with Gasteiger partial charge < -0.3 is 20.3 Å². The largest absolute Gasteiger partial charge is 0.479 e. The van der Waals surface area contributed by atoms with Crippen molar-refractivity contribution in [2.24, 2.45) is 0 Å². The Kier molecular flexibility index (Phi) is 6.31. The number of ether oxygens (including phenoxy) is 1. The third kappa shape index (κ3) is 4.65. The van der Waals surface area contributed by atoms with E-state index in [1.807, 2.05) is 0 Å². The van der Waals surface area contributed by atoms with Crippen LogP contribution in [0.4, 0.5) is 9.80 Å². The number of carboxylic acids is 1. The molecular weight excluding hydrogens is 368 g/mol. The molecule has 1 unspecified atom stereocenters. The zero-order chi connectivity index (χ0) is 18.6. The van der Waals surface area contributed by atoms with E-state index >= 15 is 0 Å². The lowest BCUT2D eigenvalue weighted by Gasteiger charge is -2.18. The summed E-state index contributed by atoms with van der Waals surface area (Å²) in [6.45, 7) is 2.55. The number of thiophene rings is 1. The minimum absolute atomic E-state index is 0.227. The molecule has 2 heterocycles. The Morgan fingerprint density at radius 1 is 1.36 bits per heavy atom. The summed E-state index contributed by atoms with van der Waals surface area (Å²) in [5.74, 6) is -0.268. The van der Waals surface area contributed by atoms with Crippen molar-refractivity contribution in [2.75, 3.05) is 24.2 Å². The van der Waals surface area contributed by atoms with E-state index in [1.54, 1.807) is 18.7 Å². The molecule has 10 heteroatoms. The first-order valence-corrected chi connectivity index (χ1v) is 9.63. The maximum atomic E-state index is 12.3. The molecule has 1 aromatic heterocycles. The summed E-state index contributed by atoms with van der Waals surface area (Å²) >= 11 is 3.06. The normalized spacial score (nSPS) is 15.6. The van der Waals surface area contributed by atoms with Crippen LogP contribution < -0.4 is 10.6 Å². The molecule has 8 nitrogen and oxygen atoms in total. The number of fused-ring (bicyclic) bond motifs is 1. The van der Waals surface area contributed by atoms with Crippen molar-refractivity contribution in [3.05, 3.63) is 16.0 Å². The molecule has 2 amide bonds. The number of nitrogens with one attached hydrogen (secondary N) is 2. The monoisotopic (exact) mass is 388 g/mol. The fraction of sp³-hybridized carbons (Fsp3) is 0.533. The highest BCUT2D eigenvalue weighted by Crippen LogP contribution is 2.39. The van der Waals surface area contributed by atoms with Gasteiger partial charge >= 0.3 is 18.0 Å². The smallest absolute Gasteiger partial charge is 0.341 e. The van der Waals surface area contributed by atoms with Crippen LogP contribution in [0.5, 0.6) is 0 Å². The second-order valence-corrected chi connectivity index (χ2v) is 7.83. The molecule has 0 spiro atoms. The average Bonchev–Trinajstić information content (AvgIpc) is 2.91. The SMILES string of the molecule is CCOC(=O)c1c(NC(=O)NCC(C)(O)C(=O)O)sc2c1CCSC2. The van der Waals surface area contributed by atoms with Crippen LogP contribution in [0.25, 0.3) is 0 Å². The molecule has 2 rings (SSSR count). The average molecular weight is 388 g/mol. The Morgan fingerprint density at radius 3 is 2.72 bits per heavy atom. The molecule has 25 heavy (non-hydrogen) atoms. The quantitative estimate of drug-likeness (QED) is 0.546. The van der Waals surface area contributed by atoms with E-state index < -0.39 is 30.1 Å². The number of carboxylic acid groups (broad SMARTS) is 1. The number of carbonyl (C=O) groups excluding carboxylic acids is 2. The van der Waals surface area contributed by atoms with Gasteiger partial charge in [-0.05, 0) is 31.6 Å². The second-order valence-electron chi connectivity index (χ2n) is 5.62. The summed E-state index contributed by atoms with van der Waals surface area (Å²) in [6.07, 6.45) is 0.724. The molecular formula is C15H20N2O6S2. The van der Waals surface area contributed by atoms with E-state index in [0.29, 0.717) is 10.6 Å². The standard InChI is InChI=1S/C15H20N2O6S2/c1-3-23-12(18)10-8-4-5-24-6-9(8)25-11(10)17-14(21)16-7-15(2,22)13(19)20/h22H,3-7H2,1-2H3,(H,19,20)(H2,16,17,21). The summed E-state index contributed by atoms with van der Waals surface area (Å²) < 4.78 is 5.09. The Morgan fingerprint density at radius 2 is 2.08 bits per heavy atom. The highest BCUT2D eigenvalue weighted by atomic mass is 32.2. The number of aliphatic hydroxyl groups is 1. The van der Waals surface area contributed by atoms with Crippen LogP contribution in [0, 0.1) is 0 Å². The van der Waals surface area contributed by atoms with Gasteiger partial charge in [0.05, 0.1) is 18.7 Å². The van der Waals surface area contributed by atoms with Crippen LogP contribution in [0.3, 0.4) is 0 Å². The zero-order valence-corrected chi connectivity index (χ0v) is 15.5. The van der Waals surface area contributed by atoms with E-state index in [-0.39, 0.29) is 6.61 Å². The Labute approximate surface area is 152 Å². The van der Waals surface area contributed by atoms with Crippen molar-refractivity contribution in [1.29, 1.82) is 0 Å². The summed E-state index contributed by atoms with van der Waals surface area (Å²) in [6, 6.07) is -0.696. The molecule has 1 atom stereocenters. The van der Waals surface area contributed by atoms with Gasteiger partial charge in [-0.3, -0.25) is 5.32 Å². The van der Waals surface area contributed by atoms with Crippen LogP contribution in [-0.2, 0) is 21.7 Å². The molecule has 0 saturated carbocycles. The molecule has 0 saturated heterocycles. The zero-order valence-electron chi connectivity index (χ0n) is 13.9. The van der Waals surface area contributed by atoms with Crippen molar-refractivity contribution < 1.29 is 29.3 Å². The van der Waals surface area contributed by atoms with E-state index in [4.69, 9.17) is 9.84 Å². The van der Waals surface area contributed by atoms with Crippen LogP contribution in [0.15, 0.2) is 0 Å². The molecule has 0 aromatic carbocycles. The van der Waals surface area contributed by atoms with Gasteiger partial charge in [0.1, 0.15) is 5.00 Å². The van der Waals surface area contributed by atoms with Crippen LogP contribution in [0.2, 0.25) is 0 Å². The fourth-order valence-corrected chi connectivity index (χ4v) is 4.58. The third-order valence-corrected chi connectivity index (χ3v) is 5.90. The molecule has 1 aliphatic rings. The number of esters is 1. The number of aliphatic carboxylic acids is 1. The van der Waals surface area contributed by atoms with Crippen LogP contribution >= 0.6 is 23.1 Å². The summed E-state index contributed by atoms with van der Waals surface area (Å²) in [5.41, 5.74) is -0.815. The number of hydrogen-bond acceptors (Lipinski definition) is 7. The van der Waals surface area contributed by atoms with Gasteiger partial charge in [-0.1, -0.05) is 0 Å². The number of carbonyl (C=O) groups is 3. The highest BCUT2D eigenvalue weighted by Gasteiger charge is 2.31. The number of amides is 2. The van der Waals surface area contributed by atoms with Gasteiger partial charge in [-0.2, -0.15) is 11.8 Å². The van der Waals surface area contributed by atoms with Gasteiger partial charge in [0.15, 0.2) is 5.60 Å². The lowest BCUT2D eigenvalue weighted by Crippen LogP contribution is -2.47. The van der Waals surface area contributed by atoms with Crippen molar-refractivity contribution in [3.63, 3.8) is 0 Å². The molecule has 0 aliphatic carbocycles. The predicted octanol–water partition coefficient (Wildman–Crippen LogP) is 1.67. The molecule has 138 valence electrons. The van der Waals surface area contributed by atoms with E-state index in [9.17, 15) is 19.5 Å². The maximum Gasteiger partial charge on any atom is 0.341 e. The Bertz CT molecular complexity index is 686. The van der Waals surface area contributed by atoms with Crippen LogP contribution in [0.1, 0.15) is 34.6 Å². The molecule has 0 fully saturated rings. The second kappa shape index (κ2) is 8.07. The fourth-order valence-electron chi connectivity index (χ4n) is 2.21. The summed E-state index contributed by atoms with van der Waals surface area (Å²) in [5, 5.41) is 23.7. The molecule has 1 aliphatic heterocycles. The lowest BCUT2D eigenvalue weighted by molar-refractivity contribution is -0.155. The number of urea groups is 1. The highest BCUT2D eigenvalue weighted by molar-refractivity contribution is 7.98. The Hall–Kier alpha value is -1.78. The summed E-state index contributed by atoms with van der Waals surface area (Å²) in [4.78, 5) is 36.2. The lowest BCUT2D eigenvalue weighted by atomic mass is 10.1.